The van der Waals surface area contributed by atoms with Crippen molar-refractivity contribution in [3.05, 3.63) is 0 Å². The van der Waals surface area contributed by atoms with E-state index in [0.717, 1.165) is 6.42 Å². The van der Waals surface area contributed by atoms with E-state index < -0.39 is 0 Å². The fourth-order valence-corrected chi connectivity index (χ4v) is 1.72. The highest BCUT2D eigenvalue weighted by Gasteiger charge is 2.39. The van der Waals surface area contributed by atoms with Gasteiger partial charge in [0.05, 0.1) is 12.5 Å². The third kappa shape index (κ3) is 3.18. The summed E-state index contributed by atoms with van der Waals surface area (Å²) in [5.41, 5.74) is 5.44. The molecule has 0 saturated heterocycles. The second-order valence-electron chi connectivity index (χ2n) is 4.15. The lowest BCUT2D eigenvalue weighted by molar-refractivity contribution is -0.152. The molecule has 0 spiro atoms. The van der Waals surface area contributed by atoms with Crippen molar-refractivity contribution in [1.82, 2.24) is 4.90 Å². The molecule has 0 aromatic heterocycles. The lowest BCUT2D eigenvalue weighted by Crippen LogP contribution is -2.53. The Kier molecular flexibility index (Phi) is 5.83. The fourth-order valence-electron chi connectivity index (χ4n) is 1.72. The predicted molar refractivity (Wildman–Crippen MR) is 61.6 cm³/mol. The minimum Gasteiger partial charge on any atom is -0.466 e. The largest absolute Gasteiger partial charge is 0.466 e. The van der Waals surface area contributed by atoms with Crippen molar-refractivity contribution in [3.8, 4) is 0 Å². The summed E-state index contributed by atoms with van der Waals surface area (Å²) in [7, 11) is 3.93. The van der Waals surface area contributed by atoms with Gasteiger partial charge < -0.3 is 15.4 Å². The Balaban J connectivity index is 4.83. The standard InChI is InChI=1S/C11H24N2O2/c1-6-11(3,13(4)5)9(8-12)10(14)15-7-2/h9H,6-8,12H2,1-5H3/t9-,11+/m1/s1. The molecule has 4 heteroatoms. The highest BCUT2D eigenvalue weighted by molar-refractivity contribution is 5.74. The summed E-state index contributed by atoms with van der Waals surface area (Å²) < 4.78 is 5.05. The molecule has 0 bridgehead atoms. The highest BCUT2D eigenvalue weighted by atomic mass is 16.5. The normalized spacial score (nSPS) is 17.3. The van der Waals surface area contributed by atoms with Crippen molar-refractivity contribution in [2.24, 2.45) is 11.7 Å². The van der Waals surface area contributed by atoms with Crippen molar-refractivity contribution in [2.45, 2.75) is 32.7 Å². The van der Waals surface area contributed by atoms with Crippen LogP contribution in [0.25, 0.3) is 0 Å². The Hall–Kier alpha value is -0.610. The van der Waals surface area contributed by atoms with Crippen molar-refractivity contribution in [2.75, 3.05) is 27.2 Å². The molecule has 90 valence electrons. The summed E-state index contributed by atoms with van der Waals surface area (Å²) >= 11 is 0. The first-order valence-corrected chi connectivity index (χ1v) is 5.48. The van der Waals surface area contributed by atoms with Gasteiger partial charge in [-0.3, -0.25) is 4.79 Å². The molecule has 2 N–H and O–H groups in total. The van der Waals surface area contributed by atoms with Gasteiger partial charge in [0.1, 0.15) is 0 Å². The van der Waals surface area contributed by atoms with Crippen LogP contribution in [0.5, 0.6) is 0 Å². The first-order chi connectivity index (χ1) is 6.93. The second kappa shape index (κ2) is 6.08. The summed E-state index contributed by atoms with van der Waals surface area (Å²) in [6.07, 6.45) is 0.862. The average Bonchev–Trinajstić information content (AvgIpc) is 2.18. The summed E-state index contributed by atoms with van der Waals surface area (Å²) in [4.78, 5) is 13.8. The molecule has 0 heterocycles. The van der Waals surface area contributed by atoms with Crippen LogP contribution in [0, 0.1) is 5.92 Å². The molecule has 0 rings (SSSR count). The summed E-state index contributed by atoms with van der Waals surface area (Å²) in [6.45, 7) is 6.64. The van der Waals surface area contributed by atoms with E-state index in [9.17, 15) is 4.79 Å². The average molecular weight is 216 g/mol. The molecule has 0 unspecified atom stereocenters. The summed E-state index contributed by atoms with van der Waals surface area (Å²) in [5.74, 6) is -0.463. The van der Waals surface area contributed by atoms with Gasteiger partial charge in [-0.15, -0.1) is 0 Å². The minimum atomic E-state index is -0.266. The summed E-state index contributed by atoms with van der Waals surface area (Å²) in [6, 6.07) is 0. The minimum absolute atomic E-state index is 0.196. The van der Waals surface area contributed by atoms with Gasteiger partial charge in [-0.25, -0.2) is 0 Å². The van der Waals surface area contributed by atoms with Gasteiger partial charge >= 0.3 is 5.97 Å². The quantitative estimate of drug-likeness (QED) is 0.669. The molecule has 0 aliphatic heterocycles. The van der Waals surface area contributed by atoms with Gasteiger partial charge in [0.25, 0.3) is 0 Å². The Morgan fingerprint density at radius 1 is 1.47 bits per heavy atom. The van der Waals surface area contributed by atoms with E-state index in [0.29, 0.717) is 13.2 Å². The SMILES string of the molecule is CCOC(=O)[C@@H](CN)[C@](C)(CC)N(C)C. The molecule has 0 saturated carbocycles. The number of hydrogen-bond acceptors (Lipinski definition) is 4. The van der Waals surface area contributed by atoms with Crippen LogP contribution in [0.3, 0.4) is 0 Å². The van der Waals surface area contributed by atoms with Crippen LogP contribution in [0.15, 0.2) is 0 Å². The molecule has 0 aliphatic rings. The molecule has 15 heavy (non-hydrogen) atoms. The Labute approximate surface area is 92.8 Å². The number of ether oxygens (including phenoxy) is 1. The van der Waals surface area contributed by atoms with E-state index in [1.54, 1.807) is 0 Å². The Bertz CT molecular complexity index is 207. The number of carbonyl (C=O) groups is 1. The summed E-state index contributed by atoms with van der Waals surface area (Å²) in [5, 5.41) is 0. The number of carbonyl (C=O) groups excluding carboxylic acids is 1. The number of rotatable bonds is 6. The molecule has 0 amide bonds. The van der Waals surface area contributed by atoms with Crippen molar-refractivity contribution in [3.63, 3.8) is 0 Å². The fraction of sp³-hybridized carbons (Fsp3) is 0.909. The zero-order chi connectivity index (χ0) is 12.1. The van der Waals surface area contributed by atoms with E-state index in [1.165, 1.54) is 0 Å². The predicted octanol–water partition coefficient (Wildman–Crippen LogP) is 0.855. The molecule has 0 aromatic carbocycles. The third-order valence-corrected chi connectivity index (χ3v) is 3.29. The van der Waals surface area contributed by atoms with Crippen molar-refractivity contribution >= 4 is 5.97 Å². The zero-order valence-corrected chi connectivity index (χ0v) is 10.5. The first kappa shape index (κ1) is 14.4. The molecule has 0 fully saturated rings. The smallest absolute Gasteiger partial charge is 0.312 e. The Morgan fingerprint density at radius 3 is 2.27 bits per heavy atom. The maximum absolute atomic E-state index is 11.8. The van der Waals surface area contributed by atoms with Gasteiger partial charge in [-0.2, -0.15) is 0 Å². The monoisotopic (exact) mass is 216 g/mol. The van der Waals surface area contributed by atoms with Gasteiger partial charge in [-0.1, -0.05) is 6.92 Å². The lowest BCUT2D eigenvalue weighted by Gasteiger charge is -2.40. The maximum atomic E-state index is 11.8. The van der Waals surface area contributed by atoms with Crippen molar-refractivity contribution < 1.29 is 9.53 Å². The number of nitrogens with two attached hydrogens (primary N) is 1. The number of hydrogen-bond donors (Lipinski definition) is 1. The first-order valence-electron chi connectivity index (χ1n) is 5.48. The van der Waals surface area contributed by atoms with Crippen LogP contribution in [-0.4, -0.2) is 43.7 Å². The van der Waals surface area contributed by atoms with Gasteiger partial charge in [0, 0.05) is 12.1 Å². The third-order valence-electron chi connectivity index (χ3n) is 3.29. The molecule has 2 atom stereocenters. The van der Waals surface area contributed by atoms with Gasteiger partial charge in [-0.05, 0) is 34.4 Å². The van der Waals surface area contributed by atoms with Crippen LogP contribution in [0.1, 0.15) is 27.2 Å². The Morgan fingerprint density at radius 2 is 2.00 bits per heavy atom. The van der Waals surface area contributed by atoms with Gasteiger partial charge in [0.2, 0.25) is 0 Å². The molecule has 4 nitrogen and oxygen atoms in total. The van der Waals surface area contributed by atoms with Crippen LogP contribution in [0.4, 0.5) is 0 Å². The van der Waals surface area contributed by atoms with Crippen LogP contribution in [0.2, 0.25) is 0 Å². The number of esters is 1. The molecular formula is C11H24N2O2. The lowest BCUT2D eigenvalue weighted by atomic mass is 9.82. The second-order valence-corrected chi connectivity index (χ2v) is 4.15. The molecule has 0 radical (unpaired) electrons. The zero-order valence-electron chi connectivity index (χ0n) is 10.5. The van der Waals surface area contributed by atoms with E-state index in [2.05, 4.69) is 6.92 Å². The van der Waals surface area contributed by atoms with Crippen LogP contribution in [-0.2, 0) is 9.53 Å². The van der Waals surface area contributed by atoms with Crippen molar-refractivity contribution in [1.29, 1.82) is 0 Å². The molecule has 0 aliphatic carbocycles. The van der Waals surface area contributed by atoms with Crippen LogP contribution >= 0.6 is 0 Å². The van der Waals surface area contributed by atoms with Gasteiger partial charge in [0.15, 0.2) is 0 Å². The molecule has 0 aromatic rings. The molecular weight excluding hydrogens is 192 g/mol. The van der Waals surface area contributed by atoms with E-state index in [-0.39, 0.29) is 17.4 Å². The highest BCUT2D eigenvalue weighted by Crippen LogP contribution is 2.26. The topological polar surface area (TPSA) is 55.6 Å². The van der Waals surface area contributed by atoms with E-state index >= 15 is 0 Å². The maximum Gasteiger partial charge on any atom is 0.312 e. The van der Waals surface area contributed by atoms with E-state index in [1.807, 2.05) is 32.8 Å². The van der Waals surface area contributed by atoms with Crippen LogP contribution < -0.4 is 5.73 Å². The van der Waals surface area contributed by atoms with E-state index in [4.69, 9.17) is 10.5 Å². The number of nitrogens with zero attached hydrogens (tertiary/aromatic N) is 1.